The zero-order valence-electron chi connectivity index (χ0n) is 10.7. The van der Waals surface area contributed by atoms with E-state index in [-0.39, 0.29) is 6.61 Å². The number of β-amino-alcohol motifs (C(OH)–C–C–N with tert-alkyl or cyclic N) is 1. The van der Waals surface area contributed by atoms with Gasteiger partial charge in [-0.25, -0.2) is 0 Å². The van der Waals surface area contributed by atoms with E-state index in [0.717, 1.165) is 12.5 Å². The van der Waals surface area contributed by atoms with Crippen LogP contribution in [0.2, 0.25) is 0 Å². The molecule has 16 heavy (non-hydrogen) atoms. The van der Waals surface area contributed by atoms with Crippen LogP contribution in [0.25, 0.3) is 0 Å². The van der Waals surface area contributed by atoms with Crippen molar-refractivity contribution in [1.29, 1.82) is 0 Å². The first-order valence-electron chi connectivity index (χ1n) is 6.83. The maximum absolute atomic E-state index is 9.03. The van der Waals surface area contributed by atoms with Gasteiger partial charge >= 0.3 is 0 Å². The van der Waals surface area contributed by atoms with Crippen molar-refractivity contribution in [3.63, 3.8) is 0 Å². The Hall–Kier alpha value is -0.0800. The molecule has 0 aromatic carbocycles. The van der Waals surface area contributed by atoms with Crippen LogP contribution in [0.5, 0.6) is 0 Å². The summed E-state index contributed by atoms with van der Waals surface area (Å²) in [4.78, 5) is 0. The number of nitrogens with one attached hydrogen (secondary N) is 1. The molecule has 0 aromatic heterocycles. The minimum Gasteiger partial charge on any atom is -0.395 e. The smallest absolute Gasteiger partial charge is 0.0556 e. The second-order valence-electron chi connectivity index (χ2n) is 7.56. The SMILES string of the molecule is CC12CC3CC(C)(C1)CC(NCCO)(C3)C2. The first-order chi connectivity index (χ1) is 7.47. The molecular formula is C14H25NO. The Bertz CT molecular complexity index is 283. The Morgan fingerprint density at radius 1 is 1.06 bits per heavy atom. The molecule has 4 bridgehead atoms. The summed E-state index contributed by atoms with van der Waals surface area (Å²) in [6, 6.07) is 0. The lowest BCUT2D eigenvalue weighted by atomic mass is 9.43. The summed E-state index contributed by atoms with van der Waals surface area (Å²) in [7, 11) is 0. The van der Waals surface area contributed by atoms with Gasteiger partial charge in [-0.05, 0) is 55.3 Å². The molecule has 0 aromatic rings. The molecule has 2 unspecified atom stereocenters. The lowest BCUT2D eigenvalue weighted by Gasteiger charge is -2.65. The van der Waals surface area contributed by atoms with Crippen LogP contribution in [0.15, 0.2) is 0 Å². The third-order valence-corrected chi connectivity index (χ3v) is 5.24. The topological polar surface area (TPSA) is 32.3 Å². The zero-order chi connectivity index (χ0) is 11.4. The van der Waals surface area contributed by atoms with Gasteiger partial charge in [0.15, 0.2) is 0 Å². The average Bonchev–Trinajstić information content (AvgIpc) is 2.08. The molecular weight excluding hydrogens is 198 g/mol. The predicted molar refractivity (Wildman–Crippen MR) is 65.2 cm³/mol. The molecule has 0 saturated heterocycles. The van der Waals surface area contributed by atoms with Gasteiger partial charge in [0.1, 0.15) is 0 Å². The lowest BCUT2D eigenvalue weighted by Crippen LogP contribution is -2.64. The van der Waals surface area contributed by atoms with Crippen molar-refractivity contribution in [3.8, 4) is 0 Å². The lowest BCUT2D eigenvalue weighted by molar-refractivity contribution is -0.118. The number of hydrogen-bond donors (Lipinski definition) is 2. The number of aliphatic hydroxyl groups excluding tert-OH is 1. The van der Waals surface area contributed by atoms with Crippen LogP contribution in [0, 0.1) is 16.7 Å². The molecule has 0 amide bonds. The summed E-state index contributed by atoms with van der Waals surface area (Å²) >= 11 is 0. The van der Waals surface area contributed by atoms with Crippen molar-refractivity contribution < 1.29 is 5.11 Å². The van der Waals surface area contributed by atoms with Crippen LogP contribution in [0.1, 0.15) is 52.4 Å². The molecule has 0 heterocycles. The van der Waals surface area contributed by atoms with Gasteiger partial charge in [-0.3, -0.25) is 0 Å². The molecule has 0 radical (unpaired) electrons. The molecule has 92 valence electrons. The van der Waals surface area contributed by atoms with Crippen molar-refractivity contribution in [2.45, 2.75) is 57.9 Å². The van der Waals surface area contributed by atoms with Gasteiger partial charge in [0, 0.05) is 12.1 Å². The van der Waals surface area contributed by atoms with Crippen LogP contribution in [-0.2, 0) is 0 Å². The van der Waals surface area contributed by atoms with Crippen molar-refractivity contribution in [1.82, 2.24) is 5.32 Å². The number of rotatable bonds is 3. The van der Waals surface area contributed by atoms with E-state index >= 15 is 0 Å². The third kappa shape index (κ3) is 1.62. The Morgan fingerprint density at radius 2 is 1.69 bits per heavy atom. The average molecular weight is 223 g/mol. The first kappa shape index (κ1) is 11.0. The normalized spacial score (nSPS) is 54.6. The summed E-state index contributed by atoms with van der Waals surface area (Å²) in [5.74, 6) is 0.942. The largest absolute Gasteiger partial charge is 0.395 e. The summed E-state index contributed by atoms with van der Waals surface area (Å²) in [5, 5.41) is 12.7. The molecule has 0 spiro atoms. The van der Waals surface area contributed by atoms with Crippen molar-refractivity contribution in [2.75, 3.05) is 13.2 Å². The second kappa shape index (κ2) is 3.23. The van der Waals surface area contributed by atoms with E-state index < -0.39 is 0 Å². The molecule has 2 heteroatoms. The van der Waals surface area contributed by atoms with E-state index in [1.54, 1.807) is 0 Å². The van der Waals surface area contributed by atoms with Crippen LogP contribution in [-0.4, -0.2) is 23.8 Å². The molecule has 2 N–H and O–H groups in total. The number of aliphatic hydroxyl groups is 1. The Balaban J connectivity index is 1.86. The molecule has 4 rings (SSSR count). The van der Waals surface area contributed by atoms with Gasteiger partial charge < -0.3 is 10.4 Å². The van der Waals surface area contributed by atoms with Crippen LogP contribution < -0.4 is 5.32 Å². The Labute approximate surface area is 98.8 Å². The van der Waals surface area contributed by atoms with Gasteiger partial charge in [0.25, 0.3) is 0 Å². The molecule has 4 aliphatic carbocycles. The molecule has 4 aliphatic rings. The van der Waals surface area contributed by atoms with E-state index in [2.05, 4.69) is 19.2 Å². The van der Waals surface area contributed by atoms with E-state index in [0.29, 0.717) is 16.4 Å². The maximum atomic E-state index is 9.03. The highest BCUT2D eigenvalue weighted by Crippen LogP contribution is 2.66. The van der Waals surface area contributed by atoms with Gasteiger partial charge in [-0.1, -0.05) is 13.8 Å². The van der Waals surface area contributed by atoms with Crippen molar-refractivity contribution in [2.24, 2.45) is 16.7 Å². The first-order valence-corrected chi connectivity index (χ1v) is 6.83. The van der Waals surface area contributed by atoms with Crippen LogP contribution >= 0.6 is 0 Å². The summed E-state index contributed by atoms with van der Waals surface area (Å²) in [5.41, 5.74) is 1.53. The summed E-state index contributed by atoms with van der Waals surface area (Å²) in [6.45, 7) is 6.04. The quantitative estimate of drug-likeness (QED) is 0.769. The monoisotopic (exact) mass is 223 g/mol. The highest BCUT2D eigenvalue weighted by atomic mass is 16.3. The summed E-state index contributed by atoms with van der Waals surface area (Å²) < 4.78 is 0. The second-order valence-corrected chi connectivity index (χ2v) is 7.56. The molecule has 4 fully saturated rings. The minimum absolute atomic E-state index is 0.278. The van der Waals surface area contributed by atoms with Crippen molar-refractivity contribution in [3.05, 3.63) is 0 Å². The van der Waals surface area contributed by atoms with E-state index in [4.69, 9.17) is 5.11 Å². The van der Waals surface area contributed by atoms with Crippen LogP contribution in [0.4, 0.5) is 0 Å². The standard InChI is InChI=1S/C14H25NO/c1-12-5-11-6-13(2,8-12)10-14(7-11,9-12)15-3-4-16/h11,15-16H,3-10H2,1-2H3. The third-order valence-electron chi connectivity index (χ3n) is 5.24. The molecule has 0 aliphatic heterocycles. The fraction of sp³-hybridized carbons (Fsp3) is 1.00. The van der Waals surface area contributed by atoms with E-state index in [1.165, 1.54) is 38.5 Å². The van der Waals surface area contributed by atoms with Crippen molar-refractivity contribution >= 4 is 0 Å². The maximum Gasteiger partial charge on any atom is 0.0556 e. The zero-order valence-corrected chi connectivity index (χ0v) is 10.7. The predicted octanol–water partition coefficient (Wildman–Crippen LogP) is 2.32. The van der Waals surface area contributed by atoms with Gasteiger partial charge in [-0.15, -0.1) is 0 Å². The Morgan fingerprint density at radius 3 is 2.19 bits per heavy atom. The van der Waals surface area contributed by atoms with Gasteiger partial charge in [0.2, 0.25) is 0 Å². The van der Waals surface area contributed by atoms with Gasteiger partial charge in [0.05, 0.1) is 6.61 Å². The molecule has 2 atom stereocenters. The van der Waals surface area contributed by atoms with E-state index in [1.807, 2.05) is 0 Å². The fourth-order valence-electron chi connectivity index (χ4n) is 5.97. The minimum atomic E-state index is 0.278. The number of hydrogen-bond acceptors (Lipinski definition) is 2. The highest BCUT2D eigenvalue weighted by molar-refractivity contribution is 5.14. The molecule has 2 nitrogen and oxygen atoms in total. The Kier molecular flexibility index (Phi) is 2.23. The van der Waals surface area contributed by atoms with E-state index in [9.17, 15) is 0 Å². The summed E-state index contributed by atoms with van der Waals surface area (Å²) in [6.07, 6.45) is 8.37. The van der Waals surface area contributed by atoms with Gasteiger partial charge in [-0.2, -0.15) is 0 Å². The van der Waals surface area contributed by atoms with Crippen LogP contribution in [0.3, 0.4) is 0 Å². The fourth-order valence-corrected chi connectivity index (χ4v) is 5.97. The molecule has 4 saturated carbocycles. The highest BCUT2D eigenvalue weighted by Gasteiger charge is 2.59.